The fourth-order valence-electron chi connectivity index (χ4n) is 3.02. The van der Waals surface area contributed by atoms with Crippen LogP contribution in [0, 0.1) is 0 Å². The van der Waals surface area contributed by atoms with Crippen LogP contribution in [0.15, 0.2) is 85.2 Å². The summed E-state index contributed by atoms with van der Waals surface area (Å²) in [4.78, 5) is 20.6. The third-order valence-electron chi connectivity index (χ3n) is 4.70. The van der Waals surface area contributed by atoms with Crippen LogP contribution in [-0.4, -0.2) is 22.5 Å². The maximum absolute atomic E-state index is 12.2. The number of para-hydroxylation sites is 2. The Morgan fingerprint density at radius 1 is 0.914 bits per heavy atom. The molecule has 0 bridgehead atoms. The number of halogens is 2. The lowest BCUT2D eigenvalue weighted by Gasteiger charge is -2.26. The highest BCUT2D eigenvalue weighted by atomic mass is 35.5. The number of nitrogens with two attached hydrogens (primary N) is 1. The third-order valence-corrected chi connectivity index (χ3v) is 5.23. The molecule has 11 heteroatoms. The summed E-state index contributed by atoms with van der Waals surface area (Å²) in [5, 5.41) is 2.61. The summed E-state index contributed by atoms with van der Waals surface area (Å²) in [5.41, 5.74) is 16.6. The molecular weight excluding hydrogens is 489 g/mol. The van der Waals surface area contributed by atoms with Gasteiger partial charge in [-0.25, -0.2) is 9.97 Å². The van der Waals surface area contributed by atoms with Crippen molar-refractivity contribution in [1.29, 1.82) is 0 Å². The van der Waals surface area contributed by atoms with Gasteiger partial charge >= 0.3 is 0 Å². The van der Waals surface area contributed by atoms with Gasteiger partial charge in [0.1, 0.15) is 17.8 Å². The summed E-state index contributed by atoms with van der Waals surface area (Å²) in [6, 6.07) is 24.1. The highest BCUT2D eigenvalue weighted by Crippen LogP contribution is 2.29. The number of nitrogens with zero attached hydrogens (tertiary/aromatic N) is 3. The molecule has 1 heterocycles. The quantitative estimate of drug-likeness (QED) is 0.231. The van der Waals surface area contributed by atoms with Gasteiger partial charge in [0.2, 0.25) is 0 Å². The van der Waals surface area contributed by atoms with Crippen molar-refractivity contribution in [3.8, 4) is 5.75 Å². The maximum Gasteiger partial charge on any atom is 0.276 e. The van der Waals surface area contributed by atoms with Crippen molar-refractivity contribution in [1.82, 2.24) is 15.4 Å². The molecule has 4 aromatic rings. The Morgan fingerprint density at radius 2 is 1.54 bits per heavy atom. The second-order valence-electron chi connectivity index (χ2n) is 7.14. The lowest BCUT2D eigenvalue weighted by atomic mass is 10.2. The minimum atomic E-state index is -0.473. The van der Waals surface area contributed by atoms with Crippen molar-refractivity contribution in [2.45, 2.75) is 0 Å². The van der Waals surface area contributed by atoms with Crippen LogP contribution in [0.5, 0.6) is 5.75 Å². The fourth-order valence-corrected chi connectivity index (χ4v) is 3.49. The molecule has 9 nitrogen and oxygen atoms in total. The molecule has 3 aromatic carbocycles. The van der Waals surface area contributed by atoms with E-state index in [4.69, 9.17) is 33.7 Å². The Morgan fingerprint density at radius 3 is 2.17 bits per heavy atom. The summed E-state index contributed by atoms with van der Waals surface area (Å²) < 4.78 is 5.42. The number of aromatic nitrogens is 2. The topological polar surface area (TPSA) is 117 Å². The van der Waals surface area contributed by atoms with E-state index in [0.717, 1.165) is 11.4 Å². The first kappa shape index (κ1) is 23.9. The predicted molar refractivity (Wildman–Crippen MR) is 139 cm³/mol. The van der Waals surface area contributed by atoms with E-state index in [1.165, 1.54) is 12.4 Å². The van der Waals surface area contributed by atoms with E-state index >= 15 is 0 Å². The third kappa shape index (κ3) is 6.23. The van der Waals surface area contributed by atoms with Crippen molar-refractivity contribution < 1.29 is 9.53 Å². The monoisotopic (exact) mass is 509 g/mol. The van der Waals surface area contributed by atoms with Gasteiger partial charge in [-0.2, -0.15) is 0 Å². The van der Waals surface area contributed by atoms with Gasteiger partial charge in [-0.3, -0.25) is 26.1 Å². The van der Waals surface area contributed by atoms with Gasteiger partial charge < -0.3 is 10.5 Å². The van der Waals surface area contributed by atoms with Crippen LogP contribution in [0.2, 0.25) is 10.0 Å². The van der Waals surface area contributed by atoms with Crippen LogP contribution in [0.1, 0.15) is 0 Å². The summed E-state index contributed by atoms with van der Waals surface area (Å²) in [6.45, 7) is -0.291. The Bertz CT molecular complexity index is 1250. The smallest absolute Gasteiger partial charge is 0.276 e. The van der Waals surface area contributed by atoms with E-state index in [9.17, 15) is 4.79 Å². The van der Waals surface area contributed by atoms with Crippen molar-refractivity contribution in [2.75, 3.05) is 28.2 Å². The first-order valence-corrected chi connectivity index (χ1v) is 11.2. The summed E-state index contributed by atoms with van der Waals surface area (Å²) in [6.07, 6.45) is 1.32. The van der Waals surface area contributed by atoms with Crippen LogP contribution in [0.25, 0.3) is 0 Å². The van der Waals surface area contributed by atoms with E-state index < -0.39 is 5.91 Å². The molecule has 35 heavy (non-hydrogen) atoms. The number of hydrogen-bond donors (Lipinski definition) is 4. The second-order valence-corrected chi connectivity index (χ2v) is 7.98. The van der Waals surface area contributed by atoms with Crippen LogP contribution >= 0.6 is 23.2 Å². The number of rotatable bonds is 9. The SMILES string of the molecule is Nc1c(NNC(=O)COc2ccc(Cl)cc2Cl)ncnc1NN(c1ccccc1)c1ccccc1. The zero-order valence-electron chi connectivity index (χ0n) is 18.3. The molecule has 0 saturated heterocycles. The number of benzene rings is 3. The number of carbonyl (C=O) groups excluding carboxylic acids is 1. The lowest BCUT2D eigenvalue weighted by Crippen LogP contribution is -2.34. The molecule has 0 radical (unpaired) electrons. The molecule has 0 spiro atoms. The van der Waals surface area contributed by atoms with Gasteiger partial charge in [-0.05, 0) is 42.5 Å². The van der Waals surface area contributed by atoms with E-state index in [2.05, 4.69) is 26.2 Å². The van der Waals surface area contributed by atoms with Gasteiger partial charge in [0.05, 0.1) is 16.4 Å². The second kappa shape index (κ2) is 11.3. The number of hydrazine groups is 2. The Labute approximate surface area is 211 Å². The molecule has 0 aliphatic heterocycles. The molecule has 0 saturated carbocycles. The summed E-state index contributed by atoms with van der Waals surface area (Å²) >= 11 is 11.9. The number of anilines is 5. The van der Waals surface area contributed by atoms with Crippen molar-refractivity contribution >= 4 is 57.8 Å². The first-order chi connectivity index (χ1) is 17.0. The molecule has 0 aliphatic rings. The number of nitrogen functional groups attached to an aromatic ring is 1. The fraction of sp³-hybridized carbons (Fsp3) is 0.0417. The van der Waals surface area contributed by atoms with E-state index in [0.29, 0.717) is 21.6 Å². The molecule has 0 aliphatic carbocycles. The first-order valence-electron chi connectivity index (χ1n) is 10.4. The summed E-state index contributed by atoms with van der Waals surface area (Å²) in [7, 11) is 0. The van der Waals surface area contributed by atoms with Gasteiger partial charge in [0.15, 0.2) is 18.2 Å². The number of hydrogen-bond acceptors (Lipinski definition) is 8. The van der Waals surface area contributed by atoms with Crippen molar-refractivity contribution in [3.05, 3.63) is 95.2 Å². The Balaban J connectivity index is 1.43. The van der Waals surface area contributed by atoms with Crippen LogP contribution in [0.3, 0.4) is 0 Å². The average Bonchev–Trinajstić information content (AvgIpc) is 2.88. The minimum Gasteiger partial charge on any atom is -0.482 e. The number of nitrogens with one attached hydrogen (secondary N) is 3. The van der Waals surface area contributed by atoms with Crippen molar-refractivity contribution in [3.63, 3.8) is 0 Å². The van der Waals surface area contributed by atoms with E-state index in [-0.39, 0.29) is 18.1 Å². The Hall–Kier alpha value is -4.21. The Kier molecular flexibility index (Phi) is 7.71. The molecule has 5 N–H and O–H groups in total. The summed E-state index contributed by atoms with van der Waals surface area (Å²) in [5.74, 6) is 0.412. The van der Waals surface area contributed by atoms with Gasteiger partial charge in [-0.1, -0.05) is 59.6 Å². The molecule has 178 valence electrons. The average molecular weight is 510 g/mol. The van der Waals surface area contributed by atoms with E-state index in [1.54, 1.807) is 12.1 Å². The largest absolute Gasteiger partial charge is 0.482 e. The molecule has 0 fully saturated rings. The van der Waals surface area contributed by atoms with Gasteiger partial charge in [0.25, 0.3) is 5.91 Å². The highest BCUT2D eigenvalue weighted by molar-refractivity contribution is 6.35. The zero-order valence-corrected chi connectivity index (χ0v) is 19.8. The predicted octanol–water partition coefficient (Wildman–Crippen LogP) is 5.05. The van der Waals surface area contributed by atoms with Gasteiger partial charge in [-0.15, -0.1) is 0 Å². The number of amides is 1. The van der Waals surface area contributed by atoms with Crippen LogP contribution < -0.4 is 31.8 Å². The normalized spacial score (nSPS) is 10.3. The zero-order chi connectivity index (χ0) is 24.6. The highest BCUT2D eigenvalue weighted by Gasteiger charge is 2.15. The molecular formula is C24H21Cl2N7O2. The lowest BCUT2D eigenvalue weighted by molar-refractivity contribution is -0.122. The number of carbonyl (C=O) groups is 1. The van der Waals surface area contributed by atoms with Crippen LogP contribution in [0.4, 0.5) is 28.7 Å². The number of ether oxygens (including phenoxy) is 1. The maximum atomic E-state index is 12.2. The van der Waals surface area contributed by atoms with Gasteiger partial charge in [0, 0.05) is 5.02 Å². The standard InChI is InChI=1S/C24H21Cl2N7O2/c25-16-11-12-20(19(26)13-16)35-14-21(34)30-31-23-22(27)24(29-15-28-23)32-33(17-7-3-1-4-8-17)18-9-5-2-6-10-18/h1-13,15H,14,27H2,(H,30,34)(H2,28,29,31,32). The molecule has 0 unspecified atom stereocenters. The van der Waals surface area contributed by atoms with Crippen molar-refractivity contribution in [2.24, 2.45) is 0 Å². The molecule has 1 aromatic heterocycles. The molecule has 0 atom stereocenters. The molecule has 1 amide bonds. The molecule has 4 rings (SSSR count). The van der Waals surface area contributed by atoms with E-state index in [1.807, 2.05) is 65.7 Å². The minimum absolute atomic E-state index is 0.200. The van der Waals surface area contributed by atoms with Crippen LogP contribution in [-0.2, 0) is 4.79 Å².